The van der Waals surface area contributed by atoms with Gasteiger partial charge in [-0.1, -0.05) is 78.6 Å². The van der Waals surface area contributed by atoms with Crippen molar-refractivity contribution in [3.8, 4) is 0 Å². The Hall–Kier alpha value is -0.790. The molecule has 0 spiro atoms. The largest absolute Gasteiger partial charge is 0.348 e. The second kappa shape index (κ2) is 10.9. The fourth-order valence-corrected chi connectivity index (χ4v) is 3.43. The van der Waals surface area contributed by atoms with Gasteiger partial charge in [-0.2, -0.15) is 0 Å². The van der Waals surface area contributed by atoms with Crippen LogP contribution in [0.3, 0.4) is 0 Å². The van der Waals surface area contributed by atoms with Crippen molar-refractivity contribution in [2.75, 3.05) is 0 Å². The number of nitrogens with zero attached hydrogens (tertiary/aromatic N) is 1. The van der Waals surface area contributed by atoms with Gasteiger partial charge in [0.2, 0.25) is 0 Å². The normalized spacial score (nSPS) is 12.0. The Balaban J connectivity index is 2.78. The lowest BCUT2D eigenvalue weighted by Gasteiger charge is -2.33. The molecule has 0 aromatic carbocycles. The Bertz CT molecular complexity index is 303. The van der Waals surface area contributed by atoms with E-state index in [0.717, 1.165) is 0 Å². The van der Waals surface area contributed by atoms with Gasteiger partial charge in [0.15, 0.2) is 0 Å². The van der Waals surface area contributed by atoms with Crippen LogP contribution in [-0.4, -0.2) is 9.97 Å². The second-order valence-corrected chi connectivity index (χ2v) is 6.59. The molecule has 1 N–H and O–H groups in total. The van der Waals surface area contributed by atoms with Crippen molar-refractivity contribution < 1.29 is 0 Å². The van der Waals surface area contributed by atoms with Crippen LogP contribution in [-0.2, 0) is 5.41 Å². The summed E-state index contributed by atoms with van der Waals surface area (Å²) in [7, 11) is 0. The van der Waals surface area contributed by atoms with Crippen molar-refractivity contribution in [2.45, 2.75) is 103 Å². The van der Waals surface area contributed by atoms with Gasteiger partial charge in [0.25, 0.3) is 0 Å². The molecule has 2 nitrogen and oxygen atoms in total. The molecule has 0 unspecified atom stereocenters. The number of hydrogen-bond donors (Lipinski definition) is 1. The molecule has 122 valence electrons. The fourth-order valence-electron chi connectivity index (χ4n) is 3.43. The molecule has 0 aliphatic rings. The molecule has 0 bridgehead atoms. The van der Waals surface area contributed by atoms with E-state index in [1.165, 1.54) is 82.9 Å². The van der Waals surface area contributed by atoms with Crippen molar-refractivity contribution in [3.63, 3.8) is 0 Å². The monoisotopic (exact) mass is 292 g/mol. The quantitative estimate of drug-likeness (QED) is 0.419. The van der Waals surface area contributed by atoms with Crippen LogP contribution < -0.4 is 0 Å². The van der Waals surface area contributed by atoms with E-state index < -0.39 is 0 Å². The number of rotatable bonds is 13. The molecule has 0 aliphatic carbocycles. The zero-order chi connectivity index (χ0) is 15.4. The Kier molecular flexibility index (Phi) is 9.45. The van der Waals surface area contributed by atoms with E-state index in [9.17, 15) is 0 Å². The van der Waals surface area contributed by atoms with Crippen LogP contribution >= 0.6 is 0 Å². The fraction of sp³-hybridized carbons (Fsp3) is 0.842. The van der Waals surface area contributed by atoms with Gasteiger partial charge in [-0.15, -0.1) is 0 Å². The number of unbranched alkanes of at least 4 members (excludes halogenated alkanes) is 6. The molecule has 2 heteroatoms. The Labute approximate surface area is 132 Å². The highest BCUT2D eigenvalue weighted by atomic mass is 14.9. The molecular formula is C19H36N2. The highest BCUT2D eigenvalue weighted by Crippen LogP contribution is 2.38. The minimum atomic E-state index is 0.309. The number of imidazole rings is 1. The third kappa shape index (κ3) is 6.23. The van der Waals surface area contributed by atoms with Gasteiger partial charge < -0.3 is 4.98 Å². The van der Waals surface area contributed by atoms with Crippen molar-refractivity contribution in [2.24, 2.45) is 0 Å². The predicted octanol–water partition coefficient (Wildman–Crippen LogP) is 6.39. The smallest absolute Gasteiger partial charge is 0.112 e. The van der Waals surface area contributed by atoms with Crippen LogP contribution in [0.25, 0.3) is 0 Å². The average molecular weight is 293 g/mol. The molecule has 1 rings (SSSR count). The summed E-state index contributed by atoms with van der Waals surface area (Å²) < 4.78 is 0. The van der Waals surface area contributed by atoms with Gasteiger partial charge in [0, 0.05) is 17.8 Å². The van der Waals surface area contributed by atoms with E-state index in [4.69, 9.17) is 0 Å². The Morgan fingerprint density at radius 3 is 1.62 bits per heavy atom. The van der Waals surface area contributed by atoms with E-state index >= 15 is 0 Å². The number of aromatic amines is 1. The van der Waals surface area contributed by atoms with Crippen molar-refractivity contribution >= 4 is 0 Å². The SMILES string of the molecule is CCCCCC(CCCCC)(CCCCC)c1ncc[nH]1. The average Bonchev–Trinajstić information content (AvgIpc) is 3.02. The molecular weight excluding hydrogens is 256 g/mol. The number of nitrogens with one attached hydrogen (secondary N) is 1. The van der Waals surface area contributed by atoms with Gasteiger partial charge in [0.05, 0.1) is 0 Å². The first-order valence-corrected chi connectivity index (χ1v) is 9.29. The molecule has 0 saturated heterocycles. The Morgan fingerprint density at radius 1 is 0.810 bits per heavy atom. The van der Waals surface area contributed by atoms with Crippen LogP contribution in [0.2, 0.25) is 0 Å². The van der Waals surface area contributed by atoms with Crippen LogP contribution in [0.15, 0.2) is 12.4 Å². The summed E-state index contributed by atoms with van der Waals surface area (Å²) in [5, 5.41) is 0. The van der Waals surface area contributed by atoms with E-state index in [0.29, 0.717) is 5.41 Å². The molecule has 1 heterocycles. The molecule has 21 heavy (non-hydrogen) atoms. The molecule has 0 atom stereocenters. The molecule has 1 aromatic rings. The minimum absolute atomic E-state index is 0.309. The van der Waals surface area contributed by atoms with Crippen molar-refractivity contribution in [1.82, 2.24) is 9.97 Å². The topological polar surface area (TPSA) is 28.7 Å². The van der Waals surface area contributed by atoms with Crippen molar-refractivity contribution in [1.29, 1.82) is 0 Å². The summed E-state index contributed by atoms with van der Waals surface area (Å²) in [6, 6.07) is 0. The van der Waals surface area contributed by atoms with Crippen molar-refractivity contribution in [3.05, 3.63) is 18.2 Å². The number of H-pyrrole nitrogens is 1. The lowest BCUT2D eigenvalue weighted by Crippen LogP contribution is -2.28. The molecule has 1 aromatic heterocycles. The maximum absolute atomic E-state index is 4.67. The predicted molar refractivity (Wildman–Crippen MR) is 92.7 cm³/mol. The lowest BCUT2D eigenvalue weighted by atomic mass is 9.73. The van der Waals surface area contributed by atoms with Crippen LogP contribution in [0.4, 0.5) is 0 Å². The van der Waals surface area contributed by atoms with Crippen LogP contribution in [0, 0.1) is 0 Å². The Morgan fingerprint density at radius 2 is 1.29 bits per heavy atom. The summed E-state index contributed by atoms with van der Waals surface area (Å²) in [6.07, 6.45) is 19.9. The first-order chi connectivity index (χ1) is 10.3. The molecule has 0 amide bonds. The summed E-state index contributed by atoms with van der Waals surface area (Å²) in [5.41, 5.74) is 0.309. The zero-order valence-corrected chi connectivity index (χ0v) is 14.6. The van der Waals surface area contributed by atoms with Gasteiger partial charge >= 0.3 is 0 Å². The van der Waals surface area contributed by atoms with E-state index in [-0.39, 0.29) is 0 Å². The van der Waals surface area contributed by atoms with Crippen LogP contribution in [0.5, 0.6) is 0 Å². The number of aromatic nitrogens is 2. The maximum atomic E-state index is 4.67. The standard InChI is InChI=1S/C19H36N2/c1-4-7-10-13-19(14-11-8-5-2,15-12-9-6-3)18-20-16-17-21-18/h16-17H,4-15H2,1-3H3,(H,20,21). The summed E-state index contributed by atoms with van der Waals surface area (Å²) in [4.78, 5) is 8.12. The molecule has 0 radical (unpaired) electrons. The molecule has 0 aliphatic heterocycles. The third-order valence-corrected chi connectivity index (χ3v) is 4.78. The zero-order valence-electron chi connectivity index (χ0n) is 14.6. The summed E-state index contributed by atoms with van der Waals surface area (Å²) in [6.45, 7) is 6.88. The molecule has 0 saturated carbocycles. The van der Waals surface area contributed by atoms with Gasteiger partial charge in [-0.05, 0) is 19.3 Å². The highest BCUT2D eigenvalue weighted by Gasteiger charge is 2.32. The van der Waals surface area contributed by atoms with E-state index in [2.05, 4.69) is 30.7 Å². The van der Waals surface area contributed by atoms with Gasteiger partial charge in [0.1, 0.15) is 5.82 Å². The maximum Gasteiger partial charge on any atom is 0.112 e. The highest BCUT2D eigenvalue weighted by molar-refractivity contribution is 5.08. The lowest BCUT2D eigenvalue weighted by molar-refractivity contribution is 0.289. The van der Waals surface area contributed by atoms with E-state index in [1.807, 2.05) is 12.4 Å². The second-order valence-electron chi connectivity index (χ2n) is 6.59. The summed E-state index contributed by atoms with van der Waals surface area (Å²) >= 11 is 0. The minimum Gasteiger partial charge on any atom is -0.348 e. The number of hydrogen-bond acceptors (Lipinski definition) is 1. The first-order valence-electron chi connectivity index (χ1n) is 9.29. The summed E-state index contributed by atoms with van der Waals surface area (Å²) in [5.74, 6) is 1.26. The van der Waals surface area contributed by atoms with E-state index in [1.54, 1.807) is 0 Å². The third-order valence-electron chi connectivity index (χ3n) is 4.78. The van der Waals surface area contributed by atoms with Crippen LogP contribution in [0.1, 0.15) is 104 Å². The first kappa shape index (κ1) is 18.3. The van der Waals surface area contributed by atoms with Gasteiger partial charge in [-0.3, -0.25) is 0 Å². The molecule has 0 fully saturated rings. The van der Waals surface area contributed by atoms with Gasteiger partial charge in [-0.25, -0.2) is 4.98 Å².